The van der Waals surface area contributed by atoms with Gasteiger partial charge < -0.3 is 10.6 Å². The van der Waals surface area contributed by atoms with Crippen molar-refractivity contribution in [1.82, 2.24) is 10.6 Å². The van der Waals surface area contributed by atoms with Crippen molar-refractivity contribution in [3.05, 3.63) is 35.9 Å². The van der Waals surface area contributed by atoms with E-state index < -0.39 is 0 Å². The summed E-state index contributed by atoms with van der Waals surface area (Å²) in [5, 5.41) is 6.30. The van der Waals surface area contributed by atoms with Gasteiger partial charge in [-0.15, -0.1) is 0 Å². The van der Waals surface area contributed by atoms with E-state index in [2.05, 4.69) is 24.5 Å². The van der Waals surface area contributed by atoms with Crippen LogP contribution in [0.2, 0.25) is 0 Å². The molecule has 1 atom stereocenters. The Bertz CT molecular complexity index is 414. The molecule has 1 unspecified atom stereocenters. The van der Waals surface area contributed by atoms with Gasteiger partial charge in [0.25, 0.3) is 0 Å². The quantitative estimate of drug-likeness (QED) is 0.854. The topological polar surface area (TPSA) is 41.1 Å². The molecule has 1 fully saturated rings. The van der Waals surface area contributed by atoms with Crippen LogP contribution in [0.3, 0.4) is 0 Å². The van der Waals surface area contributed by atoms with Gasteiger partial charge in [-0.05, 0) is 30.2 Å². The van der Waals surface area contributed by atoms with Crippen LogP contribution in [0.4, 0.5) is 0 Å². The smallest absolute Gasteiger partial charge is 0.234 e. The molecule has 3 heteroatoms. The Labute approximate surface area is 115 Å². The number of amides is 1. The second-order valence-electron chi connectivity index (χ2n) is 6.25. The molecule has 2 rings (SSSR count). The van der Waals surface area contributed by atoms with Gasteiger partial charge in [0.05, 0.1) is 6.54 Å². The number of rotatable bonds is 5. The van der Waals surface area contributed by atoms with E-state index in [9.17, 15) is 4.79 Å². The Morgan fingerprint density at radius 3 is 2.68 bits per heavy atom. The van der Waals surface area contributed by atoms with Crippen molar-refractivity contribution in [3.63, 3.8) is 0 Å². The molecule has 1 aromatic rings. The first-order valence-corrected chi connectivity index (χ1v) is 7.09. The molecule has 1 aliphatic rings. The minimum Gasteiger partial charge on any atom is -0.351 e. The summed E-state index contributed by atoms with van der Waals surface area (Å²) < 4.78 is 0. The summed E-state index contributed by atoms with van der Waals surface area (Å²) in [5.41, 5.74) is 1.57. The first kappa shape index (κ1) is 14.1. The molecule has 2 N–H and O–H groups in total. The van der Waals surface area contributed by atoms with E-state index in [1.807, 2.05) is 30.3 Å². The van der Waals surface area contributed by atoms with Crippen LogP contribution in [0.25, 0.3) is 0 Å². The molecular weight excluding hydrogens is 236 g/mol. The molecule has 1 aromatic carbocycles. The number of carbonyl (C=O) groups excluding carboxylic acids is 1. The first-order chi connectivity index (χ1) is 9.05. The molecule has 0 heterocycles. The largest absolute Gasteiger partial charge is 0.351 e. The molecule has 0 saturated heterocycles. The number of hydrogen-bond donors (Lipinski definition) is 2. The standard InChI is InChI=1S/C16H24N2O/c1-16(2)9-8-14(10-16)17-12-15(19)18-11-13-6-4-3-5-7-13/h3-7,14,17H,8-12H2,1-2H3,(H,18,19). The van der Waals surface area contributed by atoms with Crippen LogP contribution in [-0.2, 0) is 11.3 Å². The molecule has 1 saturated carbocycles. The molecule has 0 aromatic heterocycles. The monoisotopic (exact) mass is 260 g/mol. The highest BCUT2D eigenvalue weighted by Crippen LogP contribution is 2.36. The van der Waals surface area contributed by atoms with Crippen molar-refractivity contribution in [1.29, 1.82) is 0 Å². The average Bonchev–Trinajstić information content (AvgIpc) is 2.75. The minimum atomic E-state index is 0.0774. The lowest BCUT2D eigenvalue weighted by Crippen LogP contribution is -2.38. The maximum atomic E-state index is 11.8. The Kier molecular flexibility index (Phi) is 4.59. The molecule has 0 spiro atoms. The third-order valence-corrected chi connectivity index (χ3v) is 3.85. The van der Waals surface area contributed by atoms with Crippen LogP contribution < -0.4 is 10.6 Å². The fourth-order valence-corrected chi connectivity index (χ4v) is 2.71. The predicted molar refractivity (Wildman–Crippen MR) is 77.7 cm³/mol. The Hall–Kier alpha value is -1.35. The van der Waals surface area contributed by atoms with E-state index in [1.165, 1.54) is 19.3 Å². The van der Waals surface area contributed by atoms with Gasteiger partial charge in [0.1, 0.15) is 0 Å². The number of hydrogen-bond acceptors (Lipinski definition) is 2. The summed E-state index contributed by atoms with van der Waals surface area (Å²) in [6.45, 7) is 5.62. The minimum absolute atomic E-state index is 0.0774. The highest BCUT2D eigenvalue weighted by Gasteiger charge is 2.30. The lowest BCUT2D eigenvalue weighted by molar-refractivity contribution is -0.120. The molecule has 0 bridgehead atoms. The van der Waals surface area contributed by atoms with Crippen molar-refractivity contribution in [2.24, 2.45) is 5.41 Å². The van der Waals surface area contributed by atoms with Gasteiger partial charge in [0.15, 0.2) is 0 Å². The van der Waals surface area contributed by atoms with Gasteiger partial charge in [0.2, 0.25) is 5.91 Å². The van der Waals surface area contributed by atoms with E-state index in [1.54, 1.807) is 0 Å². The third kappa shape index (κ3) is 4.67. The zero-order valence-corrected chi connectivity index (χ0v) is 11.9. The summed E-state index contributed by atoms with van der Waals surface area (Å²) in [4.78, 5) is 11.8. The van der Waals surface area contributed by atoms with Crippen molar-refractivity contribution >= 4 is 5.91 Å². The second kappa shape index (κ2) is 6.20. The van der Waals surface area contributed by atoms with Gasteiger partial charge >= 0.3 is 0 Å². The molecule has 3 nitrogen and oxygen atoms in total. The van der Waals surface area contributed by atoms with Crippen molar-refractivity contribution in [3.8, 4) is 0 Å². The normalized spacial score (nSPS) is 21.3. The van der Waals surface area contributed by atoms with E-state index in [0.717, 1.165) is 5.56 Å². The summed E-state index contributed by atoms with van der Waals surface area (Å²) in [6, 6.07) is 10.5. The van der Waals surface area contributed by atoms with Gasteiger partial charge in [0, 0.05) is 12.6 Å². The lowest BCUT2D eigenvalue weighted by atomic mass is 9.92. The molecule has 19 heavy (non-hydrogen) atoms. The van der Waals surface area contributed by atoms with Crippen LogP contribution in [0, 0.1) is 5.41 Å². The zero-order chi connectivity index (χ0) is 13.7. The van der Waals surface area contributed by atoms with E-state index in [0.29, 0.717) is 24.5 Å². The Morgan fingerprint density at radius 2 is 2.05 bits per heavy atom. The van der Waals surface area contributed by atoms with Crippen LogP contribution in [-0.4, -0.2) is 18.5 Å². The van der Waals surface area contributed by atoms with Crippen LogP contribution in [0.15, 0.2) is 30.3 Å². The van der Waals surface area contributed by atoms with Gasteiger partial charge in [-0.3, -0.25) is 4.79 Å². The lowest BCUT2D eigenvalue weighted by Gasteiger charge is -2.17. The molecule has 1 amide bonds. The predicted octanol–water partition coefficient (Wildman–Crippen LogP) is 2.47. The van der Waals surface area contributed by atoms with Crippen molar-refractivity contribution in [2.45, 2.75) is 45.7 Å². The number of nitrogens with one attached hydrogen (secondary N) is 2. The van der Waals surface area contributed by atoms with E-state index in [4.69, 9.17) is 0 Å². The van der Waals surface area contributed by atoms with Crippen LogP contribution in [0.5, 0.6) is 0 Å². The molecule has 0 radical (unpaired) electrons. The Morgan fingerprint density at radius 1 is 1.32 bits per heavy atom. The summed E-state index contributed by atoms with van der Waals surface area (Å²) in [5.74, 6) is 0.0774. The van der Waals surface area contributed by atoms with Gasteiger partial charge in [-0.25, -0.2) is 0 Å². The van der Waals surface area contributed by atoms with Crippen molar-refractivity contribution in [2.75, 3.05) is 6.54 Å². The molecule has 104 valence electrons. The molecule has 0 aliphatic heterocycles. The fourth-order valence-electron chi connectivity index (χ4n) is 2.71. The highest BCUT2D eigenvalue weighted by atomic mass is 16.1. The molecular formula is C16H24N2O. The maximum Gasteiger partial charge on any atom is 0.234 e. The van der Waals surface area contributed by atoms with Crippen LogP contribution in [0.1, 0.15) is 38.7 Å². The van der Waals surface area contributed by atoms with Crippen molar-refractivity contribution < 1.29 is 4.79 Å². The van der Waals surface area contributed by atoms with Gasteiger partial charge in [-0.2, -0.15) is 0 Å². The second-order valence-corrected chi connectivity index (χ2v) is 6.25. The van der Waals surface area contributed by atoms with Gasteiger partial charge in [-0.1, -0.05) is 44.2 Å². The number of carbonyl (C=O) groups is 1. The highest BCUT2D eigenvalue weighted by molar-refractivity contribution is 5.78. The summed E-state index contributed by atoms with van der Waals surface area (Å²) in [7, 11) is 0. The molecule has 1 aliphatic carbocycles. The summed E-state index contributed by atoms with van der Waals surface area (Å²) >= 11 is 0. The van der Waals surface area contributed by atoms with E-state index in [-0.39, 0.29) is 5.91 Å². The third-order valence-electron chi connectivity index (χ3n) is 3.85. The van der Waals surface area contributed by atoms with Crippen LogP contribution >= 0.6 is 0 Å². The Balaban J connectivity index is 1.65. The SMILES string of the molecule is CC1(C)CCC(NCC(=O)NCc2ccccc2)C1. The first-order valence-electron chi connectivity index (χ1n) is 7.09. The maximum absolute atomic E-state index is 11.8. The summed E-state index contributed by atoms with van der Waals surface area (Å²) in [6.07, 6.45) is 3.59. The number of benzene rings is 1. The fraction of sp³-hybridized carbons (Fsp3) is 0.562. The van der Waals surface area contributed by atoms with E-state index >= 15 is 0 Å². The average molecular weight is 260 g/mol. The zero-order valence-electron chi connectivity index (χ0n) is 11.9.